The largest absolute Gasteiger partial charge is 0.513 e. The van der Waals surface area contributed by atoms with Crippen LogP contribution in [0, 0.1) is 6.92 Å². The molecule has 58 valence electrons. The van der Waals surface area contributed by atoms with Crippen molar-refractivity contribution >= 4 is 6.08 Å². The van der Waals surface area contributed by atoms with Gasteiger partial charge in [-0.15, -0.1) is 0 Å². The molecule has 0 aromatic carbocycles. The second kappa shape index (κ2) is 3.19. The van der Waals surface area contributed by atoms with E-state index in [4.69, 9.17) is 5.11 Å². The summed E-state index contributed by atoms with van der Waals surface area (Å²) in [6.07, 6.45) is 3.43. The van der Waals surface area contributed by atoms with Gasteiger partial charge in [0.25, 0.3) is 0 Å². The molecule has 0 aliphatic carbocycles. The van der Waals surface area contributed by atoms with Crippen LogP contribution in [0.25, 0.3) is 6.08 Å². The minimum atomic E-state index is 0.307. The van der Waals surface area contributed by atoms with Gasteiger partial charge in [0, 0.05) is 11.9 Å². The van der Waals surface area contributed by atoms with Gasteiger partial charge in [0.15, 0.2) is 0 Å². The second-order valence-electron chi connectivity index (χ2n) is 2.46. The summed E-state index contributed by atoms with van der Waals surface area (Å²) in [6, 6.07) is 3.77. The van der Waals surface area contributed by atoms with Gasteiger partial charge in [-0.25, -0.2) is 0 Å². The fourth-order valence-electron chi connectivity index (χ4n) is 0.874. The van der Waals surface area contributed by atoms with Gasteiger partial charge in [-0.05, 0) is 31.6 Å². The van der Waals surface area contributed by atoms with Crippen molar-refractivity contribution in [1.82, 2.24) is 4.98 Å². The molecule has 11 heavy (non-hydrogen) atoms. The third-order valence-electron chi connectivity index (χ3n) is 1.41. The average molecular weight is 149 g/mol. The first-order valence-electron chi connectivity index (χ1n) is 3.49. The summed E-state index contributed by atoms with van der Waals surface area (Å²) in [7, 11) is 0. The topological polar surface area (TPSA) is 33.1 Å². The maximum Gasteiger partial charge on any atom is 0.0898 e. The molecule has 2 nitrogen and oxygen atoms in total. The molecule has 1 aromatic rings. The Hall–Kier alpha value is -1.31. The maximum absolute atomic E-state index is 8.96. The van der Waals surface area contributed by atoms with E-state index in [9.17, 15) is 0 Å². The highest BCUT2D eigenvalue weighted by molar-refractivity contribution is 5.52. The lowest BCUT2D eigenvalue weighted by Gasteiger charge is -1.97. The predicted molar refractivity (Wildman–Crippen MR) is 45.3 cm³/mol. The molecule has 0 unspecified atom stereocenters. The van der Waals surface area contributed by atoms with Gasteiger partial charge < -0.3 is 5.11 Å². The summed E-state index contributed by atoms with van der Waals surface area (Å²) < 4.78 is 0. The van der Waals surface area contributed by atoms with Crippen LogP contribution in [0.5, 0.6) is 0 Å². The summed E-state index contributed by atoms with van der Waals surface area (Å²) in [5.74, 6) is 0.307. The molecule has 1 aromatic heterocycles. The van der Waals surface area contributed by atoms with Crippen LogP contribution in [-0.4, -0.2) is 10.1 Å². The van der Waals surface area contributed by atoms with Gasteiger partial charge >= 0.3 is 0 Å². The first-order chi connectivity index (χ1) is 5.20. The molecular weight excluding hydrogens is 138 g/mol. The first kappa shape index (κ1) is 7.79. The number of pyridine rings is 1. The van der Waals surface area contributed by atoms with Gasteiger partial charge in [0.05, 0.1) is 5.76 Å². The van der Waals surface area contributed by atoms with Gasteiger partial charge in [-0.2, -0.15) is 0 Å². The Labute approximate surface area is 66.2 Å². The lowest BCUT2D eigenvalue weighted by atomic mass is 10.2. The molecule has 2 heteroatoms. The van der Waals surface area contributed by atoms with Crippen molar-refractivity contribution in [3.05, 3.63) is 35.3 Å². The Bertz CT molecular complexity index is 275. The average Bonchev–Trinajstić information content (AvgIpc) is 1.93. The van der Waals surface area contributed by atoms with E-state index in [0.717, 1.165) is 11.3 Å². The van der Waals surface area contributed by atoms with E-state index in [-0.39, 0.29) is 0 Å². The van der Waals surface area contributed by atoms with Crippen LogP contribution in [-0.2, 0) is 0 Å². The molecule has 0 bridgehead atoms. The number of nitrogens with zero attached hydrogens (tertiary/aromatic N) is 1. The Balaban J connectivity index is 3.04. The molecule has 1 rings (SSSR count). The minimum Gasteiger partial charge on any atom is -0.513 e. The predicted octanol–water partition coefficient (Wildman–Crippen LogP) is 2.31. The van der Waals surface area contributed by atoms with Crippen molar-refractivity contribution in [3.63, 3.8) is 0 Å². The van der Waals surface area contributed by atoms with E-state index in [1.807, 2.05) is 19.1 Å². The molecule has 1 heterocycles. The molecule has 0 saturated carbocycles. The van der Waals surface area contributed by atoms with Crippen LogP contribution in [0.4, 0.5) is 0 Å². The van der Waals surface area contributed by atoms with E-state index in [0.29, 0.717) is 5.76 Å². The summed E-state index contributed by atoms with van der Waals surface area (Å²) in [5.41, 5.74) is 1.90. The van der Waals surface area contributed by atoms with Crippen LogP contribution in [0.1, 0.15) is 18.2 Å². The van der Waals surface area contributed by atoms with Crippen LogP contribution in [0.3, 0.4) is 0 Å². The number of aliphatic hydroxyl groups excluding tert-OH is 1. The van der Waals surface area contributed by atoms with Gasteiger partial charge in [-0.1, -0.05) is 6.07 Å². The summed E-state index contributed by atoms with van der Waals surface area (Å²) in [6.45, 7) is 3.56. The lowest BCUT2D eigenvalue weighted by Crippen LogP contribution is -1.84. The third-order valence-corrected chi connectivity index (χ3v) is 1.41. The minimum absolute atomic E-state index is 0.307. The molecule has 0 atom stereocenters. The van der Waals surface area contributed by atoms with E-state index in [1.54, 1.807) is 19.2 Å². The number of hydrogen-bond acceptors (Lipinski definition) is 2. The normalized spacial score (nSPS) is 11.6. The molecular formula is C9H11NO. The summed E-state index contributed by atoms with van der Waals surface area (Å²) in [5, 5.41) is 8.96. The first-order valence-corrected chi connectivity index (χ1v) is 3.49. The van der Waals surface area contributed by atoms with E-state index in [1.165, 1.54) is 0 Å². The standard InChI is InChI=1S/C9H11NO/c1-7(11)6-9-4-3-5-10-8(9)2/h3-6,11H,1-2H3/b7-6+. The molecule has 1 N–H and O–H groups in total. The molecule has 0 aliphatic heterocycles. The second-order valence-corrected chi connectivity index (χ2v) is 2.46. The third kappa shape index (κ3) is 2.08. The monoisotopic (exact) mass is 149 g/mol. The summed E-state index contributed by atoms with van der Waals surface area (Å²) in [4.78, 5) is 4.08. The highest BCUT2D eigenvalue weighted by Crippen LogP contribution is 2.07. The van der Waals surface area contributed by atoms with Crippen molar-refractivity contribution in [3.8, 4) is 0 Å². The van der Waals surface area contributed by atoms with Crippen LogP contribution < -0.4 is 0 Å². The molecule has 0 saturated heterocycles. The Morgan fingerprint density at radius 3 is 2.91 bits per heavy atom. The highest BCUT2D eigenvalue weighted by atomic mass is 16.3. The molecule has 0 radical (unpaired) electrons. The highest BCUT2D eigenvalue weighted by Gasteiger charge is 1.93. The van der Waals surface area contributed by atoms with Crippen molar-refractivity contribution in [2.24, 2.45) is 0 Å². The SMILES string of the molecule is C/C(O)=C\c1cccnc1C. The summed E-state index contributed by atoms with van der Waals surface area (Å²) >= 11 is 0. The zero-order valence-electron chi connectivity index (χ0n) is 6.70. The quantitative estimate of drug-likeness (QED) is 0.621. The fourth-order valence-corrected chi connectivity index (χ4v) is 0.874. The number of aryl methyl sites for hydroxylation is 1. The van der Waals surface area contributed by atoms with Crippen molar-refractivity contribution in [2.45, 2.75) is 13.8 Å². The van der Waals surface area contributed by atoms with Crippen LogP contribution in [0.15, 0.2) is 24.1 Å². The van der Waals surface area contributed by atoms with Crippen molar-refractivity contribution < 1.29 is 5.11 Å². The number of aromatic nitrogens is 1. The van der Waals surface area contributed by atoms with E-state index >= 15 is 0 Å². The number of allylic oxidation sites excluding steroid dienone is 1. The maximum atomic E-state index is 8.96. The van der Waals surface area contributed by atoms with Gasteiger partial charge in [-0.3, -0.25) is 4.98 Å². The molecule has 0 aliphatic rings. The Morgan fingerprint density at radius 1 is 1.64 bits per heavy atom. The molecule has 0 spiro atoms. The molecule has 0 fully saturated rings. The zero-order valence-corrected chi connectivity index (χ0v) is 6.70. The number of hydrogen-bond donors (Lipinski definition) is 1. The van der Waals surface area contributed by atoms with Crippen molar-refractivity contribution in [2.75, 3.05) is 0 Å². The van der Waals surface area contributed by atoms with E-state index in [2.05, 4.69) is 4.98 Å². The number of aliphatic hydroxyl groups is 1. The van der Waals surface area contributed by atoms with Crippen molar-refractivity contribution in [1.29, 1.82) is 0 Å². The van der Waals surface area contributed by atoms with E-state index < -0.39 is 0 Å². The van der Waals surface area contributed by atoms with Crippen LogP contribution >= 0.6 is 0 Å². The fraction of sp³-hybridized carbons (Fsp3) is 0.222. The van der Waals surface area contributed by atoms with Gasteiger partial charge in [0.2, 0.25) is 0 Å². The lowest BCUT2D eigenvalue weighted by molar-refractivity contribution is 0.420. The Morgan fingerprint density at radius 2 is 2.36 bits per heavy atom. The van der Waals surface area contributed by atoms with Gasteiger partial charge in [0.1, 0.15) is 0 Å². The zero-order chi connectivity index (χ0) is 8.27. The molecule has 0 amide bonds. The smallest absolute Gasteiger partial charge is 0.0898 e. The Kier molecular flexibility index (Phi) is 2.26. The number of rotatable bonds is 1. The van der Waals surface area contributed by atoms with Crippen LogP contribution in [0.2, 0.25) is 0 Å².